The van der Waals surface area contributed by atoms with Gasteiger partial charge in [0.05, 0.1) is 17.4 Å². The predicted octanol–water partition coefficient (Wildman–Crippen LogP) is 3.80. The zero-order valence-corrected chi connectivity index (χ0v) is 17.4. The van der Waals surface area contributed by atoms with Gasteiger partial charge in [-0.1, -0.05) is 17.8 Å². The Morgan fingerprint density at radius 2 is 2.07 bits per heavy atom. The minimum absolute atomic E-state index is 0.0431. The molecule has 0 saturated carbocycles. The summed E-state index contributed by atoms with van der Waals surface area (Å²) >= 11 is 1.35. The van der Waals surface area contributed by atoms with Gasteiger partial charge in [-0.15, -0.1) is 0 Å². The van der Waals surface area contributed by atoms with Gasteiger partial charge in [0.25, 0.3) is 0 Å². The van der Waals surface area contributed by atoms with Crippen LogP contribution in [0.1, 0.15) is 41.3 Å². The van der Waals surface area contributed by atoms with Crippen molar-refractivity contribution >= 4 is 17.7 Å². The smallest absolute Gasteiger partial charge is 0.233 e. The molecule has 0 N–H and O–H groups in total. The van der Waals surface area contributed by atoms with E-state index in [1.165, 1.54) is 11.8 Å². The third kappa shape index (κ3) is 4.03. The summed E-state index contributed by atoms with van der Waals surface area (Å²) in [4.78, 5) is 19.4. The number of carbonyl (C=O) groups is 1. The number of nitrogens with zero attached hydrogens (tertiary/aromatic N) is 3. The van der Waals surface area contributed by atoms with Crippen LogP contribution in [0, 0.1) is 25.2 Å². The lowest BCUT2D eigenvalue weighted by atomic mass is 10.0. The number of aryl methyl sites for hydroxylation is 2. The highest BCUT2D eigenvalue weighted by molar-refractivity contribution is 8.00. The van der Waals surface area contributed by atoms with E-state index in [1.807, 2.05) is 43.0 Å². The van der Waals surface area contributed by atoms with Gasteiger partial charge < -0.3 is 14.4 Å². The van der Waals surface area contributed by atoms with E-state index in [1.54, 1.807) is 0 Å². The minimum Gasteiger partial charge on any atom is -0.486 e. The lowest BCUT2D eigenvalue weighted by molar-refractivity contribution is -0.129. The molecule has 4 rings (SSSR count). The lowest BCUT2D eigenvalue weighted by Gasteiger charge is -2.26. The zero-order valence-electron chi connectivity index (χ0n) is 16.6. The van der Waals surface area contributed by atoms with Crippen molar-refractivity contribution in [2.45, 2.75) is 37.8 Å². The Kier molecular flexibility index (Phi) is 5.63. The van der Waals surface area contributed by atoms with Gasteiger partial charge in [0.15, 0.2) is 11.5 Å². The number of fused-ring (bicyclic) bond motifs is 1. The van der Waals surface area contributed by atoms with Crippen molar-refractivity contribution < 1.29 is 14.3 Å². The number of benzene rings is 1. The molecule has 7 heteroatoms. The maximum atomic E-state index is 13.0. The highest BCUT2D eigenvalue weighted by atomic mass is 32.2. The van der Waals surface area contributed by atoms with Crippen molar-refractivity contribution in [3.05, 3.63) is 46.6 Å². The third-order valence-corrected chi connectivity index (χ3v) is 6.24. The Morgan fingerprint density at radius 1 is 1.28 bits per heavy atom. The van der Waals surface area contributed by atoms with Crippen LogP contribution in [0.4, 0.5) is 0 Å². The number of thioether (sulfide) groups is 1. The van der Waals surface area contributed by atoms with Crippen molar-refractivity contribution in [3.63, 3.8) is 0 Å². The molecule has 1 unspecified atom stereocenters. The number of amides is 1. The first-order valence-corrected chi connectivity index (χ1v) is 10.8. The van der Waals surface area contributed by atoms with Crippen molar-refractivity contribution in [1.82, 2.24) is 9.88 Å². The third-order valence-electron chi connectivity index (χ3n) is 5.28. The predicted molar refractivity (Wildman–Crippen MR) is 110 cm³/mol. The molecule has 0 spiro atoms. The second kappa shape index (κ2) is 8.34. The largest absolute Gasteiger partial charge is 0.486 e. The number of rotatable bonds is 4. The van der Waals surface area contributed by atoms with Crippen molar-refractivity contribution in [2.75, 3.05) is 25.5 Å². The number of ether oxygens (including phenoxy) is 2. The van der Waals surface area contributed by atoms with Gasteiger partial charge in [-0.25, -0.2) is 4.98 Å². The Balaban J connectivity index is 1.48. The second-order valence-corrected chi connectivity index (χ2v) is 8.27. The van der Waals surface area contributed by atoms with Crippen LogP contribution in [0.15, 0.2) is 29.3 Å². The fraction of sp³-hybridized carbons (Fsp3) is 0.409. The average molecular weight is 410 g/mol. The van der Waals surface area contributed by atoms with Crippen molar-refractivity contribution in [2.24, 2.45) is 0 Å². The molecule has 1 atom stereocenters. The van der Waals surface area contributed by atoms with E-state index in [0.29, 0.717) is 23.8 Å². The van der Waals surface area contributed by atoms with Crippen molar-refractivity contribution in [1.29, 1.82) is 5.26 Å². The van der Waals surface area contributed by atoms with E-state index in [4.69, 9.17) is 9.47 Å². The minimum atomic E-state index is 0.0431. The Hall–Kier alpha value is -2.72. The molecular weight excluding hydrogens is 386 g/mol. The normalized spacial score (nSPS) is 17.8. The first-order valence-electron chi connectivity index (χ1n) is 9.77. The van der Waals surface area contributed by atoms with Crippen molar-refractivity contribution in [3.8, 4) is 17.6 Å². The topological polar surface area (TPSA) is 75.5 Å². The van der Waals surface area contributed by atoms with Crippen LogP contribution in [0.25, 0.3) is 0 Å². The molecule has 3 heterocycles. The van der Waals surface area contributed by atoms with E-state index >= 15 is 0 Å². The monoisotopic (exact) mass is 409 g/mol. The SMILES string of the molecule is Cc1cc(C)c(C#N)c(SCC(=O)N2CCCC2c2ccc3c(c2)OCCO3)n1. The molecule has 1 fully saturated rings. The molecule has 1 aromatic carbocycles. The van der Waals surface area contributed by atoms with Gasteiger partial charge in [0.1, 0.15) is 24.3 Å². The van der Waals surface area contributed by atoms with Crippen LogP contribution in [0.5, 0.6) is 11.5 Å². The number of hydrogen-bond acceptors (Lipinski definition) is 6. The van der Waals surface area contributed by atoms with Gasteiger partial charge in [0.2, 0.25) is 5.91 Å². The Morgan fingerprint density at radius 3 is 2.86 bits per heavy atom. The standard InChI is InChI=1S/C22H23N3O3S/c1-14-10-15(2)24-22(17(14)12-23)29-13-21(26)25-7-3-4-18(25)16-5-6-19-20(11-16)28-9-8-27-19/h5-6,10-11,18H,3-4,7-9,13H2,1-2H3. The molecule has 2 aromatic rings. The summed E-state index contributed by atoms with van der Waals surface area (Å²) < 4.78 is 11.3. The Labute approximate surface area is 174 Å². The summed E-state index contributed by atoms with van der Waals surface area (Å²) in [5.41, 5.74) is 3.38. The Bertz CT molecular complexity index is 986. The first kappa shape index (κ1) is 19.6. The fourth-order valence-corrected chi connectivity index (χ4v) is 4.92. The zero-order chi connectivity index (χ0) is 20.4. The number of hydrogen-bond donors (Lipinski definition) is 0. The number of nitriles is 1. The van der Waals surface area contributed by atoms with Gasteiger partial charge in [0, 0.05) is 12.2 Å². The molecule has 1 amide bonds. The fourth-order valence-electron chi connectivity index (χ4n) is 3.93. The molecular formula is C22H23N3O3S. The molecule has 0 aliphatic carbocycles. The summed E-state index contributed by atoms with van der Waals surface area (Å²) in [5, 5.41) is 10.1. The summed E-state index contributed by atoms with van der Waals surface area (Å²) in [6.07, 6.45) is 1.90. The number of pyridine rings is 1. The van der Waals surface area contributed by atoms with Gasteiger partial charge in [-0.05, 0) is 56.0 Å². The number of likely N-dealkylation sites (tertiary alicyclic amines) is 1. The molecule has 1 saturated heterocycles. The number of carbonyl (C=O) groups excluding carboxylic acids is 1. The van der Waals surface area contributed by atoms with Crippen LogP contribution in [-0.4, -0.2) is 41.3 Å². The molecule has 29 heavy (non-hydrogen) atoms. The molecule has 2 aliphatic rings. The molecule has 0 radical (unpaired) electrons. The van der Waals surface area contributed by atoms with E-state index in [9.17, 15) is 10.1 Å². The summed E-state index contributed by atoms with van der Waals surface area (Å²) in [6.45, 7) is 5.65. The number of aromatic nitrogens is 1. The maximum absolute atomic E-state index is 13.0. The molecule has 2 aliphatic heterocycles. The summed E-state index contributed by atoms with van der Waals surface area (Å²) in [5.74, 6) is 1.85. The second-order valence-electron chi connectivity index (χ2n) is 7.31. The van der Waals surface area contributed by atoms with Gasteiger partial charge in [-0.3, -0.25) is 4.79 Å². The van der Waals surface area contributed by atoms with E-state index < -0.39 is 0 Å². The van der Waals surface area contributed by atoms with Gasteiger partial charge >= 0.3 is 0 Å². The highest BCUT2D eigenvalue weighted by Gasteiger charge is 2.31. The van der Waals surface area contributed by atoms with Crippen LogP contribution >= 0.6 is 11.8 Å². The van der Waals surface area contributed by atoms with Crippen LogP contribution in [0.2, 0.25) is 0 Å². The molecule has 6 nitrogen and oxygen atoms in total. The maximum Gasteiger partial charge on any atom is 0.233 e. The quantitative estimate of drug-likeness (QED) is 0.715. The van der Waals surface area contributed by atoms with E-state index in [2.05, 4.69) is 11.1 Å². The highest BCUT2D eigenvalue weighted by Crippen LogP contribution is 2.38. The summed E-state index contributed by atoms with van der Waals surface area (Å²) in [6, 6.07) is 10.1. The average Bonchev–Trinajstić information content (AvgIpc) is 3.21. The van der Waals surface area contributed by atoms with Gasteiger partial charge in [-0.2, -0.15) is 5.26 Å². The van der Waals surface area contributed by atoms with E-state index in [-0.39, 0.29) is 17.7 Å². The molecule has 150 valence electrons. The van der Waals surface area contributed by atoms with Crippen LogP contribution in [-0.2, 0) is 4.79 Å². The van der Waals surface area contributed by atoms with Crippen LogP contribution < -0.4 is 9.47 Å². The molecule has 1 aromatic heterocycles. The van der Waals surface area contributed by atoms with E-state index in [0.717, 1.165) is 47.7 Å². The summed E-state index contributed by atoms with van der Waals surface area (Å²) in [7, 11) is 0. The van der Waals surface area contributed by atoms with Crippen LogP contribution in [0.3, 0.4) is 0 Å². The lowest BCUT2D eigenvalue weighted by Crippen LogP contribution is -2.32. The first-order chi connectivity index (χ1) is 14.1. The molecule has 0 bridgehead atoms.